The molecule has 0 bridgehead atoms. The summed E-state index contributed by atoms with van der Waals surface area (Å²) in [5.41, 5.74) is -0.353. The third-order valence-corrected chi connectivity index (χ3v) is 4.26. The zero-order valence-electron chi connectivity index (χ0n) is 13.0. The normalized spacial score (nSPS) is 17.8. The lowest BCUT2D eigenvalue weighted by atomic mass is 9.90. The molecule has 2 rings (SSSR count). The number of nitrogens with zero attached hydrogens (tertiary/aromatic N) is 1. The minimum absolute atomic E-state index is 0.0474. The van der Waals surface area contributed by atoms with E-state index in [1.54, 1.807) is 31.2 Å². The molecule has 1 atom stereocenters. The lowest BCUT2D eigenvalue weighted by molar-refractivity contribution is -0.123. The highest BCUT2D eigenvalue weighted by atomic mass is 35.5. The fourth-order valence-corrected chi connectivity index (χ4v) is 2.70. The lowest BCUT2D eigenvalue weighted by Crippen LogP contribution is -2.51. The monoisotopic (exact) mass is 334 g/mol. The van der Waals surface area contributed by atoms with E-state index < -0.39 is 11.5 Å². The van der Waals surface area contributed by atoms with Gasteiger partial charge >= 0.3 is 0 Å². The summed E-state index contributed by atoms with van der Waals surface area (Å²) in [5.74, 6) is -0.871. The number of Topliss-reactive ketones (excluding diaryl/α,β-unsaturated/α-hetero) is 1. The van der Waals surface area contributed by atoms with E-state index in [2.05, 4.69) is 11.4 Å². The minimum atomic E-state index is -0.877. The molecule has 1 aliphatic rings. The lowest BCUT2D eigenvalue weighted by Gasteiger charge is -2.31. The number of hydrogen-bond donors (Lipinski definition) is 1. The Balaban J connectivity index is 1.95. The van der Waals surface area contributed by atoms with Gasteiger partial charge in [0.15, 0.2) is 5.78 Å². The van der Waals surface area contributed by atoms with Crippen LogP contribution in [0.25, 0.3) is 0 Å². The number of carbonyl (C=O) groups is 2. The zero-order valence-corrected chi connectivity index (χ0v) is 13.7. The summed E-state index contributed by atoms with van der Waals surface area (Å²) in [6.45, 7) is 2.61. The van der Waals surface area contributed by atoms with Gasteiger partial charge < -0.3 is 10.1 Å². The Hall–Kier alpha value is -1.90. The Kier molecular flexibility index (Phi) is 5.75. The van der Waals surface area contributed by atoms with Gasteiger partial charge in [-0.3, -0.25) is 9.59 Å². The van der Waals surface area contributed by atoms with Gasteiger partial charge in [-0.2, -0.15) is 5.26 Å². The quantitative estimate of drug-likeness (QED) is 0.840. The molecule has 0 aromatic heterocycles. The summed E-state index contributed by atoms with van der Waals surface area (Å²) in [7, 11) is 0. The predicted octanol–water partition coefficient (Wildman–Crippen LogP) is 2.74. The Labute approximate surface area is 140 Å². The fourth-order valence-electron chi connectivity index (χ4n) is 2.57. The smallest absolute Gasteiger partial charge is 0.221 e. The van der Waals surface area contributed by atoms with Crippen LogP contribution < -0.4 is 5.32 Å². The SMILES string of the molecule is C[C@H](CC(=O)NC1(C#N)CCOCC1)C(=O)c1ccc(Cl)cc1. The van der Waals surface area contributed by atoms with E-state index in [0.29, 0.717) is 36.6 Å². The van der Waals surface area contributed by atoms with Crippen molar-refractivity contribution in [1.29, 1.82) is 5.26 Å². The number of ketones is 1. The Bertz CT molecular complexity index is 616. The zero-order chi connectivity index (χ0) is 16.9. The molecule has 5 nitrogen and oxygen atoms in total. The van der Waals surface area contributed by atoms with Gasteiger partial charge in [0, 0.05) is 49.0 Å². The van der Waals surface area contributed by atoms with E-state index in [1.165, 1.54) is 0 Å². The Morgan fingerprint density at radius 2 is 1.96 bits per heavy atom. The molecule has 1 aromatic carbocycles. The van der Waals surface area contributed by atoms with Gasteiger partial charge in [0.05, 0.1) is 6.07 Å². The van der Waals surface area contributed by atoms with Gasteiger partial charge in [-0.1, -0.05) is 18.5 Å². The van der Waals surface area contributed by atoms with Crippen molar-refractivity contribution in [2.24, 2.45) is 5.92 Å². The van der Waals surface area contributed by atoms with Crippen LogP contribution in [0.4, 0.5) is 0 Å². The van der Waals surface area contributed by atoms with Crippen molar-refractivity contribution < 1.29 is 14.3 Å². The first-order valence-electron chi connectivity index (χ1n) is 7.55. The van der Waals surface area contributed by atoms with Crippen LogP contribution in [-0.4, -0.2) is 30.4 Å². The van der Waals surface area contributed by atoms with E-state index >= 15 is 0 Å². The highest BCUT2D eigenvalue weighted by Gasteiger charge is 2.34. The molecule has 0 unspecified atom stereocenters. The highest BCUT2D eigenvalue weighted by Crippen LogP contribution is 2.21. The van der Waals surface area contributed by atoms with Crippen LogP contribution in [0.1, 0.15) is 36.5 Å². The first kappa shape index (κ1) is 17.5. The second kappa shape index (κ2) is 7.58. The standard InChI is InChI=1S/C17H19ClN2O3/c1-12(16(22)13-2-4-14(18)5-3-13)10-15(21)20-17(11-19)6-8-23-9-7-17/h2-5,12H,6-10H2,1H3,(H,20,21)/t12-/m1/s1. The van der Waals surface area contributed by atoms with Crippen LogP contribution >= 0.6 is 11.6 Å². The second-order valence-corrected chi connectivity index (χ2v) is 6.27. The highest BCUT2D eigenvalue weighted by molar-refractivity contribution is 6.30. The number of carbonyl (C=O) groups excluding carboxylic acids is 2. The van der Waals surface area contributed by atoms with Crippen LogP contribution in [0.3, 0.4) is 0 Å². The summed E-state index contributed by atoms with van der Waals surface area (Å²) < 4.78 is 5.23. The van der Waals surface area contributed by atoms with Gasteiger partial charge in [-0.25, -0.2) is 0 Å². The molecule has 1 amide bonds. The van der Waals surface area contributed by atoms with Crippen LogP contribution in [0.5, 0.6) is 0 Å². The second-order valence-electron chi connectivity index (χ2n) is 5.83. The molecule has 1 aliphatic heterocycles. The largest absolute Gasteiger partial charge is 0.381 e. The molecular weight excluding hydrogens is 316 g/mol. The average molecular weight is 335 g/mol. The summed E-state index contributed by atoms with van der Waals surface area (Å²) in [5, 5.41) is 12.7. The molecule has 1 aromatic rings. The van der Waals surface area contributed by atoms with E-state index in [1.807, 2.05) is 0 Å². The number of nitriles is 1. The fraction of sp³-hybridized carbons (Fsp3) is 0.471. The van der Waals surface area contributed by atoms with E-state index in [0.717, 1.165) is 0 Å². The molecule has 0 saturated carbocycles. The minimum Gasteiger partial charge on any atom is -0.381 e. The molecule has 23 heavy (non-hydrogen) atoms. The number of nitrogens with one attached hydrogen (secondary N) is 1. The van der Waals surface area contributed by atoms with Crippen LogP contribution in [0.15, 0.2) is 24.3 Å². The molecule has 0 radical (unpaired) electrons. The van der Waals surface area contributed by atoms with Crippen molar-refractivity contribution in [2.75, 3.05) is 13.2 Å². The van der Waals surface area contributed by atoms with Gasteiger partial charge in [0.25, 0.3) is 0 Å². The number of amides is 1. The number of rotatable bonds is 5. The third-order valence-electron chi connectivity index (χ3n) is 4.01. The van der Waals surface area contributed by atoms with Crippen molar-refractivity contribution in [1.82, 2.24) is 5.32 Å². The van der Waals surface area contributed by atoms with Crippen molar-refractivity contribution in [3.63, 3.8) is 0 Å². The van der Waals surface area contributed by atoms with Gasteiger partial charge in [-0.05, 0) is 24.3 Å². The van der Waals surface area contributed by atoms with E-state index in [9.17, 15) is 14.9 Å². The summed E-state index contributed by atoms with van der Waals surface area (Å²) in [6.07, 6.45) is 0.981. The summed E-state index contributed by atoms with van der Waals surface area (Å²) in [6, 6.07) is 8.77. The van der Waals surface area contributed by atoms with Crippen molar-refractivity contribution in [2.45, 2.75) is 31.7 Å². The van der Waals surface area contributed by atoms with E-state index in [4.69, 9.17) is 16.3 Å². The first-order chi connectivity index (χ1) is 11.0. The van der Waals surface area contributed by atoms with Crippen LogP contribution in [0.2, 0.25) is 5.02 Å². The molecule has 1 heterocycles. The predicted molar refractivity (Wildman–Crippen MR) is 86.1 cm³/mol. The number of benzene rings is 1. The maximum absolute atomic E-state index is 12.3. The summed E-state index contributed by atoms with van der Waals surface area (Å²) in [4.78, 5) is 24.5. The molecule has 6 heteroatoms. The van der Waals surface area contributed by atoms with Gasteiger partial charge in [0.2, 0.25) is 5.91 Å². The van der Waals surface area contributed by atoms with Crippen LogP contribution in [0, 0.1) is 17.2 Å². The topological polar surface area (TPSA) is 79.2 Å². The van der Waals surface area contributed by atoms with Crippen molar-refractivity contribution in [3.05, 3.63) is 34.9 Å². The number of ether oxygens (including phenoxy) is 1. The molecule has 1 N–H and O–H groups in total. The molecule has 0 spiro atoms. The van der Waals surface area contributed by atoms with Gasteiger partial charge in [-0.15, -0.1) is 0 Å². The van der Waals surface area contributed by atoms with Crippen LogP contribution in [-0.2, 0) is 9.53 Å². The average Bonchev–Trinajstić information content (AvgIpc) is 2.55. The maximum atomic E-state index is 12.3. The molecule has 1 saturated heterocycles. The number of halogens is 1. The van der Waals surface area contributed by atoms with Crippen molar-refractivity contribution in [3.8, 4) is 6.07 Å². The van der Waals surface area contributed by atoms with Gasteiger partial charge in [0.1, 0.15) is 5.54 Å². The molecule has 122 valence electrons. The molecular formula is C17H19ClN2O3. The summed E-state index contributed by atoms with van der Waals surface area (Å²) >= 11 is 5.80. The van der Waals surface area contributed by atoms with E-state index in [-0.39, 0.29) is 18.1 Å². The number of hydrogen-bond acceptors (Lipinski definition) is 4. The Morgan fingerprint density at radius 3 is 2.52 bits per heavy atom. The maximum Gasteiger partial charge on any atom is 0.221 e. The molecule has 1 fully saturated rings. The Morgan fingerprint density at radius 1 is 1.35 bits per heavy atom. The first-order valence-corrected chi connectivity index (χ1v) is 7.93. The third kappa shape index (κ3) is 4.54. The molecule has 0 aliphatic carbocycles. The van der Waals surface area contributed by atoms with Crippen molar-refractivity contribution >= 4 is 23.3 Å².